The first-order valence-electron chi connectivity index (χ1n) is 8.76. The summed E-state index contributed by atoms with van der Waals surface area (Å²) in [5.74, 6) is -3.32. The van der Waals surface area contributed by atoms with E-state index < -0.39 is 41.2 Å². The van der Waals surface area contributed by atoms with Gasteiger partial charge >= 0.3 is 5.97 Å². The van der Waals surface area contributed by atoms with Crippen molar-refractivity contribution in [2.24, 2.45) is 11.7 Å². The highest BCUT2D eigenvalue weighted by Gasteiger charge is 2.39. The molecule has 3 atom stereocenters. The Kier molecular flexibility index (Phi) is 4.25. The topological polar surface area (TPSA) is 97.8 Å². The van der Waals surface area contributed by atoms with Gasteiger partial charge in [-0.25, -0.2) is 18.0 Å². The summed E-state index contributed by atoms with van der Waals surface area (Å²) in [6.45, 7) is 1.74. The molecule has 7 nitrogen and oxygen atoms in total. The number of benzene rings is 1. The average molecular weight is 397 g/mol. The van der Waals surface area contributed by atoms with E-state index in [4.69, 9.17) is 10.5 Å². The second-order valence-corrected chi connectivity index (χ2v) is 7.24. The van der Waals surface area contributed by atoms with E-state index >= 15 is 0 Å². The van der Waals surface area contributed by atoms with Gasteiger partial charge in [0, 0.05) is 25.3 Å². The number of halogens is 3. The lowest BCUT2D eigenvalue weighted by Crippen LogP contribution is -2.33. The van der Waals surface area contributed by atoms with E-state index in [1.54, 1.807) is 11.5 Å². The molecule has 1 aromatic carbocycles. The number of aromatic nitrogens is 1. The van der Waals surface area contributed by atoms with Crippen LogP contribution < -0.4 is 20.8 Å². The third kappa shape index (κ3) is 2.62. The molecular weight excluding hydrogens is 379 g/mol. The van der Waals surface area contributed by atoms with E-state index in [1.807, 2.05) is 0 Å². The number of alkyl halides is 2. The maximum atomic E-state index is 15.0. The minimum absolute atomic E-state index is 0.0147. The van der Waals surface area contributed by atoms with Crippen LogP contribution in [0.3, 0.4) is 0 Å². The molecule has 28 heavy (non-hydrogen) atoms. The molecule has 1 aromatic heterocycles. The molecule has 0 unspecified atom stereocenters. The van der Waals surface area contributed by atoms with E-state index in [0.717, 1.165) is 6.07 Å². The van der Waals surface area contributed by atoms with Crippen LogP contribution in [-0.4, -0.2) is 47.8 Å². The second-order valence-electron chi connectivity index (χ2n) is 7.24. The Labute approximate surface area is 157 Å². The van der Waals surface area contributed by atoms with Crippen molar-refractivity contribution in [2.45, 2.75) is 25.4 Å². The summed E-state index contributed by atoms with van der Waals surface area (Å²) < 4.78 is 48.6. The molecule has 0 amide bonds. The minimum Gasteiger partial charge on any atom is -0.487 e. The summed E-state index contributed by atoms with van der Waals surface area (Å²) in [4.78, 5) is 25.4. The molecule has 3 N–H and O–H groups in total. The number of pyridine rings is 1. The maximum Gasteiger partial charge on any atom is 0.341 e. The van der Waals surface area contributed by atoms with Crippen molar-refractivity contribution < 1.29 is 27.8 Å². The largest absolute Gasteiger partial charge is 0.487 e. The van der Waals surface area contributed by atoms with Gasteiger partial charge in [0.15, 0.2) is 11.6 Å². The molecule has 2 aliphatic rings. The molecule has 3 heterocycles. The zero-order chi connectivity index (χ0) is 20.3. The van der Waals surface area contributed by atoms with Gasteiger partial charge in [-0.1, -0.05) is 0 Å². The molecule has 10 heteroatoms. The zero-order valence-electron chi connectivity index (χ0n) is 14.9. The smallest absolute Gasteiger partial charge is 0.341 e. The van der Waals surface area contributed by atoms with Gasteiger partial charge in [0.1, 0.15) is 17.9 Å². The third-order valence-corrected chi connectivity index (χ3v) is 5.42. The molecule has 0 aliphatic carbocycles. The SMILES string of the molecule is C[C@H]1COc2c(N3C[C@H](N)[C@H](C(F)F)C3)c(F)cc3c(=O)c(C(=O)O)cn1c23. The Morgan fingerprint density at radius 2 is 2.11 bits per heavy atom. The number of hydrogen-bond donors (Lipinski definition) is 2. The molecule has 2 aliphatic heterocycles. The van der Waals surface area contributed by atoms with Gasteiger partial charge in [-0.3, -0.25) is 4.79 Å². The van der Waals surface area contributed by atoms with Gasteiger partial charge in [0.05, 0.1) is 22.9 Å². The summed E-state index contributed by atoms with van der Waals surface area (Å²) in [7, 11) is 0. The minimum atomic E-state index is -2.64. The first kappa shape index (κ1) is 18.6. The van der Waals surface area contributed by atoms with Crippen molar-refractivity contribution in [1.29, 1.82) is 0 Å². The molecule has 0 radical (unpaired) electrons. The molecule has 1 fully saturated rings. The molecule has 4 rings (SSSR count). The maximum absolute atomic E-state index is 15.0. The van der Waals surface area contributed by atoms with E-state index in [-0.39, 0.29) is 48.1 Å². The number of rotatable bonds is 3. The van der Waals surface area contributed by atoms with E-state index in [1.165, 1.54) is 11.1 Å². The lowest BCUT2D eigenvalue weighted by Gasteiger charge is -2.31. The number of nitrogens with two attached hydrogens (primary N) is 1. The van der Waals surface area contributed by atoms with E-state index in [0.29, 0.717) is 0 Å². The van der Waals surface area contributed by atoms with Crippen LogP contribution in [0, 0.1) is 11.7 Å². The highest BCUT2D eigenvalue weighted by Crippen LogP contribution is 2.43. The van der Waals surface area contributed by atoms with Crippen LogP contribution >= 0.6 is 0 Å². The van der Waals surface area contributed by atoms with Crippen LogP contribution in [0.15, 0.2) is 17.1 Å². The molecular formula is C18H18F3N3O4. The molecule has 1 saturated heterocycles. The van der Waals surface area contributed by atoms with E-state index in [2.05, 4.69) is 0 Å². The predicted octanol–water partition coefficient (Wildman–Crippen LogP) is 1.82. The number of carbonyl (C=O) groups is 1. The Balaban J connectivity index is 1.97. The fraction of sp³-hybridized carbons (Fsp3) is 0.444. The van der Waals surface area contributed by atoms with Crippen molar-refractivity contribution in [3.05, 3.63) is 33.9 Å². The number of anilines is 1. The van der Waals surface area contributed by atoms with Crippen molar-refractivity contribution in [2.75, 3.05) is 24.6 Å². The zero-order valence-corrected chi connectivity index (χ0v) is 14.9. The van der Waals surface area contributed by atoms with Crippen molar-refractivity contribution in [3.63, 3.8) is 0 Å². The summed E-state index contributed by atoms with van der Waals surface area (Å²) >= 11 is 0. The Morgan fingerprint density at radius 1 is 1.39 bits per heavy atom. The Morgan fingerprint density at radius 3 is 2.71 bits per heavy atom. The normalized spacial score (nSPS) is 24.1. The molecule has 0 spiro atoms. The summed E-state index contributed by atoms with van der Waals surface area (Å²) in [5.41, 5.74) is 4.72. The van der Waals surface area contributed by atoms with Crippen LogP contribution in [0.1, 0.15) is 23.3 Å². The van der Waals surface area contributed by atoms with Gasteiger partial charge in [0.25, 0.3) is 0 Å². The van der Waals surface area contributed by atoms with Crippen LogP contribution in [0.5, 0.6) is 5.75 Å². The van der Waals surface area contributed by atoms with Crippen molar-refractivity contribution in [3.8, 4) is 5.75 Å². The number of ether oxygens (including phenoxy) is 1. The number of aromatic carboxylic acids is 1. The summed E-state index contributed by atoms with van der Waals surface area (Å²) in [6.07, 6.45) is -1.43. The van der Waals surface area contributed by atoms with Gasteiger partial charge in [-0.05, 0) is 13.0 Å². The number of nitrogens with zero attached hydrogens (tertiary/aromatic N) is 2. The molecule has 150 valence electrons. The first-order chi connectivity index (χ1) is 13.2. The van der Waals surface area contributed by atoms with Gasteiger partial charge in [0.2, 0.25) is 11.9 Å². The lowest BCUT2D eigenvalue weighted by molar-refractivity contribution is 0.0694. The van der Waals surface area contributed by atoms with Crippen molar-refractivity contribution in [1.82, 2.24) is 4.57 Å². The van der Waals surface area contributed by atoms with Gasteiger partial charge < -0.3 is 25.0 Å². The van der Waals surface area contributed by atoms with Crippen LogP contribution in [0.25, 0.3) is 10.9 Å². The lowest BCUT2D eigenvalue weighted by atomic mass is 10.1. The average Bonchev–Trinajstić information content (AvgIpc) is 3.00. The molecule has 0 bridgehead atoms. The quantitative estimate of drug-likeness (QED) is 0.820. The molecule has 0 saturated carbocycles. The van der Waals surface area contributed by atoms with E-state index in [9.17, 15) is 27.9 Å². The number of hydrogen-bond acceptors (Lipinski definition) is 5. The highest BCUT2D eigenvalue weighted by atomic mass is 19.3. The highest BCUT2D eigenvalue weighted by molar-refractivity contribution is 5.97. The first-order valence-corrected chi connectivity index (χ1v) is 8.76. The Hall–Kier alpha value is -2.75. The standard InChI is InChI=1S/C18H18F3N3O4/c1-7-6-28-16-13-8(15(25)10(18(26)27)4-24(7)13)2-11(19)14(16)23-3-9(17(20)21)12(22)5-23/h2,4,7,9,12,17H,3,5-6,22H2,1H3,(H,26,27)/t7-,9+,12-/m0/s1. The number of carboxylic acid groups (broad SMARTS) is 1. The van der Waals surface area contributed by atoms with Gasteiger partial charge in [-0.15, -0.1) is 0 Å². The van der Waals surface area contributed by atoms with Gasteiger partial charge in [-0.2, -0.15) is 0 Å². The Bertz CT molecular complexity index is 1040. The fourth-order valence-electron chi connectivity index (χ4n) is 3.96. The van der Waals surface area contributed by atoms with Crippen LogP contribution in [0.4, 0.5) is 18.9 Å². The van der Waals surface area contributed by atoms with Crippen LogP contribution in [0.2, 0.25) is 0 Å². The summed E-state index contributed by atoms with van der Waals surface area (Å²) in [6, 6.07) is -0.190. The summed E-state index contributed by atoms with van der Waals surface area (Å²) in [5, 5.41) is 9.17. The predicted molar refractivity (Wildman–Crippen MR) is 95.0 cm³/mol. The second kappa shape index (κ2) is 6.40. The fourth-order valence-corrected chi connectivity index (χ4v) is 3.96. The van der Waals surface area contributed by atoms with Crippen molar-refractivity contribution >= 4 is 22.6 Å². The van der Waals surface area contributed by atoms with Crippen LogP contribution in [-0.2, 0) is 0 Å². The number of carboxylic acids is 1. The monoisotopic (exact) mass is 397 g/mol. The third-order valence-electron chi connectivity index (χ3n) is 5.42. The molecule has 2 aromatic rings.